The summed E-state index contributed by atoms with van der Waals surface area (Å²) in [6.07, 6.45) is 0.709. The summed E-state index contributed by atoms with van der Waals surface area (Å²) in [4.78, 5) is 0. The molecule has 156 valence electrons. The average molecular weight is 618 g/mol. The van der Waals surface area contributed by atoms with Gasteiger partial charge in [-0.2, -0.15) is 35.9 Å². The monoisotopic (exact) mass is 617 g/mol. The molecule has 4 rings (SSSR count). The normalized spacial score (nSPS) is 9.77. The first-order valence-electron chi connectivity index (χ1n) is 9.60. The summed E-state index contributed by atoms with van der Waals surface area (Å²) in [6, 6.07) is 43.2. The Labute approximate surface area is 202 Å². The van der Waals surface area contributed by atoms with Gasteiger partial charge in [0.05, 0.1) is 7.92 Å². The van der Waals surface area contributed by atoms with Crippen LogP contribution in [-0.4, -0.2) is 11.7 Å². The summed E-state index contributed by atoms with van der Waals surface area (Å²) in [7, 11) is -0.877. The molecule has 30 heavy (non-hydrogen) atoms. The Kier molecular flexibility index (Phi) is 12.8. The van der Waals surface area contributed by atoms with Crippen molar-refractivity contribution in [3.05, 3.63) is 127 Å². The van der Waals surface area contributed by atoms with Gasteiger partial charge in [-0.25, -0.2) is 0 Å². The van der Waals surface area contributed by atoms with E-state index in [1.165, 1.54) is 15.9 Å². The van der Waals surface area contributed by atoms with Gasteiger partial charge in [0.25, 0.3) is 0 Å². The number of aliphatic hydroxyl groups excluding tert-OH is 1. The Hall–Kier alpha value is -1.34. The molecule has 0 saturated heterocycles. The van der Waals surface area contributed by atoms with Crippen LogP contribution in [0.2, 0.25) is 0 Å². The molecule has 0 spiro atoms. The van der Waals surface area contributed by atoms with Crippen LogP contribution in [0, 0.1) is 6.07 Å². The van der Waals surface area contributed by atoms with Crippen molar-refractivity contribution in [2.75, 3.05) is 6.61 Å². The zero-order valence-corrected chi connectivity index (χ0v) is 21.2. The Bertz CT molecular complexity index is 828. The van der Waals surface area contributed by atoms with E-state index in [9.17, 15) is 0 Å². The Morgan fingerprint density at radius 1 is 0.633 bits per heavy atom. The van der Waals surface area contributed by atoms with E-state index in [2.05, 4.69) is 113 Å². The summed E-state index contributed by atoms with van der Waals surface area (Å²) < 4.78 is 0. The molecule has 4 aromatic carbocycles. The van der Waals surface area contributed by atoms with Gasteiger partial charge in [-0.3, -0.25) is 0 Å². The van der Waals surface area contributed by atoms with Crippen LogP contribution < -0.4 is 15.9 Å². The molecule has 0 saturated carbocycles. The first-order valence-corrected chi connectivity index (χ1v) is 15.7. The third-order valence-electron chi connectivity index (χ3n) is 4.34. The molecule has 1 nitrogen and oxygen atoms in total. The van der Waals surface area contributed by atoms with Crippen LogP contribution in [-0.2, 0) is 22.0 Å². The van der Waals surface area contributed by atoms with Crippen molar-refractivity contribution in [1.82, 2.24) is 0 Å². The minimum absolute atomic E-state index is 0.209. The molecule has 0 atom stereocenters. The minimum atomic E-state index is -0.877. The van der Waals surface area contributed by atoms with Gasteiger partial charge in [-0.15, -0.1) is 0 Å². The van der Waals surface area contributed by atoms with E-state index in [0.717, 1.165) is 5.56 Å². The summed E-state index contributed by atoms with van der Waals surface area (Å²) in [5.74, 6) is 0. The van der Waals surface area contributed by atoms with E-state index in [0.29, 0.717) is 6.42 Å². The molecule has 0 aliphatic rings. The summed E-state index contributed by atoms with van der Waals surface area (Å²) in [5.41, 5.74) is 1.07. The molecule has 0 aliphatic heterocycles. The van der Waals surface area contributed by atoms with E-state index in [-0.39, 0.29) is 6.61 Å². The van der Waals surface area contributed by atoms with E-state index < -0.39 is 7.92 Å². The van der Waals surface area contributed by atoms with E-state index in [1.807, 2.05) is 43.8 Å². The van der Waals surface area contributed by atoms with Crippen molar-refractivity contribution < 1.29 is 20.7 Å². The fourth-order valence-corrected chi connectivity index (χ4v) is 5.60. The SMILES string of the molecule is OCCc1[c-]cccc1.[Pd+][I].c1ccc([PH+](c2ccccc2)c2ccccc2)cc1. The predicted molar refractivity (Wildman–Crippen MR) is 137 cm³/mol. The van der Waals surface area contributed by atoms with Crippen molar-refractivity contribution in [2.45, 2.75) is 6.42 Å². The number of hydrogen-bond donors (Lipinski definition) is 1. The van der Waals surface area contributed by atoms with Crippen molar-refractivity contribution in [2.24, 2.45) is 0 Å². The molecular formula is C26H25IOPPd+. The number of benzene rings is 4. The van der Waals surface area contributed by atoms with Gasteiger partial charge in [-0.05, 0) is 42.8 Å². The van der Waals surface area contributed by atoms with E-state index in [4.69, 9.17) is 5.11 Å². The second-order valence-electron chi connectivity index (χ2n) is 6.33. The quantitative estimate of drug-likeness (QED) is 0.143. The maximum absolute atomic E-state index is 8.50. The number of halogens is 1. The molecule has 0 aliphatic carbocycles. The molecule has 0 fully saturated rings. The standard InChI is InChI=1S/C18H15P.C8H9O.HI.Pd/c1-4-10-16(11-5-1)19(17-12-6-2-7-13-17)18-14-8-3-9-15-18;9-7-6-8-4-2-1-3-5-8;;/h1-15H;1-4,9H,6-7H2;1H;/q;-1;;+2. The Balaban J connectivity index is 0.000000245. The smallest absolute Gasteiger partial charge is 0.0620 e. The van der Waals surface area contributed by atoms with Crippen LogP contribution in [0.4, 0.5) is 0 Å². The van der Waals surface area contributed by atoms with Crippen LogP contribution in [0.1, 0.15) is 5.56 Å². The summed E-state index contributed by atoms with van der Waals surface area (Å²) >= 11 is 4.72. The van der Waals surface area contributed by atoms with Gasteiger partial charge in [-0.1, -0.05) is 54.6 Å². The van der Waals surface area contributed by atoms with Crippen LogP contribution in [0.15, 0.2) is 115 Å². The van der Waals surface area contributed by atoms with Crippen molar-refractivity contribution in [3.8, 4) is 0 Å². The van der Waals surface area contributed by atoms with E-state index >= 15 is 0 Å². The second-order valence-corrected chi connectivity index (χ2v) is 8.82. The van der Waals surface area contributed by atoms with Gasteiger partial charge in [0.2, 0.25) is 0 Å². The molecule has 0 amide bonds. The maximum atomic E-state index is 8.50. The second kappa shape index (κ2) is 15.5. The number of rotatable bonds is 5. The van der Waals surface area contributed by atoms with Crippen LogP contribution >= 0.6 is 27.4 Å². The van der Waals surface area contributed by atoms with Crippen LogP contribution in [0.3, 0.4) is 0 Å². The zero-order valence-electron chi connectivity index (χ0n) is 16.5. The van der Waals surface area contributed by atoms with Gasteiger partial charge >= 0.3 is 35.1 Å². The Morgan fingerprint density at radius 3 is 1.37 bits per heavy atom. The summed E-state index contributed by atoms with van der Waals surface area (Å²) in [6.45, 7) is 0.209. The molecule has 0 bridgehead atoms. The maximum Gasteiger partial charge on any atom is 0.102 e. The molecule has 0 aromatic heterocycles. The van der Waals surface area contributed by atoms with Crippen molar-refractivity contribution in [3.63, 3.8) is 0 Å². The first-order chi connectivity index (χ1) is 14.9. The number of hydrogen-bond acceptors (Lipinski definition) is 1. The molecule has 0 radical (unpaired) electrons. The van der Waals surface area contributed by atoms with Crippen molar-refractivity contribution in [1.29, 1.82) is 0 Å². The van der Waals surface area contributed by atoms with Gasteiger partial charge < -0.3 is 5.11 Å². The molecular weight excluding hydrogens is 593 g/mol. The largest absolute Gasteiger partial charge is 0.102 e. The third-order valence-corrected chi connectivity index (χ3v) is 7.07. The number of aliphatic hydroxyl groups is 1. The summed E-state index contributed by atoms with van der Waals surface area (Å²) in [5, 5.41) is 12.8. The van der Waals surface area contributed by atoms with E-state index in [1.54, 1.807) is 0 Å². The van der Waals surface area contributed by atoms with Gasteiger partial charge in [0, 0.05) is 6.61 Å². The zero-order chi connectivity index (χ0) is 21.4. The molecule has 0 unspecified atom stereocenters. The first kappa shape index (κ1) is 24.9. The predicted octanol–water partition coefficient (Wildman–Crippen LogP) is 5.08. The van der Waals surface area contributed by atoms with Crippen LogP contribution in [0.25, 0.3) is 0 Å². The average Bonchev–Trinajstić information content (AvgIpc) is 2.84. The molecule has 1 N–H and O–H groups in total. The molecule has 4 heteroatoms. The fourth-order valence-electron chi connectivity index (χ4n) is 3.02. The molecule has 4 aromatic rings. The van der Waals surface area contributed by atoms with Gasteiger partial charge in [0.15, 0.2) is 0 Å². The van der Waals surface area contributed by atoms with Crippen LogP contribution in [0.5, 0.6) is 0 Å². The van der Waals surface area contributed by atoms with Crippen molar-refractivity contribution >= 4 is 43.3 Å². The molecule has 0 heterocycles. The third kappa shape index (κ3) is 8.42. The minimum Gasteiger partial charge on any atom is -0.0620 e. The topological polar surface area (TPSA) is 20.2 Å². The van der Waals surface area contributed by atoms with Gasteiger partial charge in [0.1, 0.15) is 15.9 Å². The fraction of sp³-hybridized carbons (Fsp3) is 0.0769. The Morgan fingerprint density at radius 2 is 1.03 bits per heavy atom.